The van der Waals surface area contributed by atoms with Crippen molar-refractivity contribution < 1.29 is 13.2 Å². The van der Waals surface area contributed by atoms with Gasteiger partial charge in [0.1, 0.15) is 9.99 Å². The molecular formula is C13H18ClNO3S2. The molecule has 4 nitrogen and oxygen atoms in total. The first-order valence-corrected chi connectivity index (χ1v) is 9.23. The maximum Gasteiger partial charge on any atom is 0.252 e. The third kappa shape index (κ3) is 3.24. The number of halogens is 1. The molecule has 1 aromatic heterocycles. The molecule has 0 N–H and O–H groups in total. The van der Waals surface area contributed by atoms with E-state index in [9.17, 15) is 13.2 Å². The van der Waals surface area contributed by atoms with Crippen LogP contribution >= 0.6 is 22.9 Å². The topological polar surface area (TPSA) is 54.5 Å². The first-order valence-electron chi connectivity index (χ1n) is 6.59. The van der Waals surface area contributed by atoms with Crippen molar-refractivity contribution in [3.63, 3.8) is 0 Å². The zero-order valence-electron chi connectivity index (χ0n) is 11.6. The second kappa shape index (κ2) is 6.13. The monoisotopic (exact) mass is 335 g/mol. The van der Waals surface area contributed by atoms with Crippen molar-refractivity contribution in [2.45, 2.75) is 49.8 Å². The molecule has 0 aliphatic carbocycles. The van der Waals surface area contributed by atoms with Gasteiger partial charge in [-0.25, -0.2) is 8.42 Å². The predicted molar refractivity (Wildman–Crippen MR) is 80.9 cm³/mol. The van der Waals surface area contributed by atoms with Crippen LogP contribution in [0.5, 0.6) is 0 Å². The number of nitrogens with zero attached hydrogens (tertiary/aromatic N) is 1. The lowest BCUT2D eigenvalue weighted by Gasteiger charge is -2.33. The summed E-state index contributed by atoms with van der Waals surface area (Å²) in [4.78, 5) is 11.3. The Morgan fingerprint density at radius 1 is 1.50 bits per heavy atom. The standard InChI is InChI=1S/C13H18ClNO3S2/c1-9-7-12(19-13(9)14)20(17,18)15-6-4-3-5-11(15)8-10(2)16/h7,11H,3-6,8H2,1-2H3. The molecule has 112 valence electrons. The number of thiophene rings is 1. The summed E-state index contributed by atoms with van der Waals surface area (Å²) >= 11 is 7.06. The molecule has 0 spiro atoms. The van der Waals surface area contributed by atoms with Crippen molar-refractivity contribution >= 4 is 38.7 Å². The second-order valence-corrected chi connectivity index (χ2v) is 8.97. The Hall–Kier alpha value is -0.430. The van der Waals surface area contributed by atoms with Crippen LogP contribution in [0.4, 0.5) is 0 Å². The number of hydrogen-bond acceptors (Lipinski definition) is 4. The average Bonchev–Trinajstić information content (AvgIpc) is 2.70. The van der Waals surface area contributed by atoms with Gasteiger partial charge in [0.25, 0.3) is 10.0 Å². The van der Waals surface area contributed by atoms with E-state index in [4.69, 9.17) is 11.6 Å². The van der Waals surface area contributed by atoms with Gasteiger partial charge in [-0.05, 0) is 38.3 Å². The van der Waals surface area contributed by atoms with E-state index in [0.29, 0.717) is 10.9 Å². The molecule has 0 amide bonds. The van der Waals surface area contributed by atoms with Gasteiger partial charge >= 0.3 is 0 Å². The quantitative estimate of drug-likeness (QED) is 0.848. The molecule has 0 radical (unpaired) electrons. The Morgan fingerprint density at radius 2 is 2.20 bits per heavy atom. The molecule has 0 aromatic carbocycles. The van der Waals surface area contributed by atoms with Crippen molar-refractivity contribution in [2.24, 2.45) is 0 Å². The summed E-state index contributed by atoms with van der Waals surface area (Å²) in [5.41, 5.74) is 0.773. The minimum Gasteiger partial charge on any atom is -0.300 e. The van der Waals surface area contributed by atoms with Gasteiger partial charge in [-0.1, -0.05) is 18.0 Å². The van der Waals surface area contributed by atoms with Crippen LogP contribution in [0.1, 0.15) is 38.2 Å². The SMILES string of the molecule is CC(=O)CC1CCCCN1S(=O)(=O)c1cc(C)c(Cl)s1. The second-order valence-electron chi connectivity index (χ2n) is 5.19. The molecule has 7 heteroatoms. The fraction of sp³-hybridized carbons (Fsp3) is 0.615. The fourth-order valence-corrected chi connectivity index (χ4v) is 6.03. The van der Waals surface area contributed by atoms with E-state index in [2.05, 4.69) is 0 Å². The molecular weight excluding hydrogens is 318 g/mol. The zero-order valence-corrected chi connectivity index (χ0v) is 13.9. The zero-order chi connectivity index (χ0) is 14.9. The Bertz CT molecular complexity index is 590. The van der Waals surface area contributed by atoms with Gasteiger partial charge in [0.05, 0.1) is 4.34 Å². The van der Waals surface area contributed by atoms with Gasteiger partial charge in [-0.3, -0.25) is 4.79 Å². The minimum atomic E-state index is -3.54. The number of carbonyl (C=O) groups excluding carboxylic acids is 1. The van der Waals surface area contributed by atoms with Gasteiger partial charge in [0.15, 0.2) is 0 Å². The van der Waals surface area contributed by atoms with E-state index in [1.54, 1.807) is 13.0 Å². The Labute approximate surface area is 128 Å². The molecule has 0 saturated carbocycles. The molecule has 1 saturated heterocycles. The molecule has 1 aromatic rings. The Kier molecular flexibility index (Phi) is 4.89. The fourth-order valence-electron chi connectivity index (χ4n) is 2.50. The van der Waals surface area contributed by atoms with Crippen molar-refractivity contribution in [1.29, 1.82) is 0 Å². The number of aryl methyl sites for hydroxylation is 1. The summed E-state index contributed by atoms with van der Waals surface area (Å²) < 4.78 is 27.7. The summed E-state index contributed by atoms with van der Waals surface area (Å²) in [5.74, 6) is 0.0255. The van der Waals surface area contributed by atoms with Gasteiger partial charge < -0.3 is 0 Å². The van der Waals surface area contributed by atoms with E-state index in [1.807, 2.05) is 0 Å². The van der Waals surface area contributed by atoms with Crippen LogP contribution < -0.4 is 0 Å². The number of hydrogen-bond donors (Lipinski definition) is 0. The van der Waals surface area contributed by atoms with Crippen LogP contribution in [0.15, 0.2) is 10.3 Å². The molecule has 1 atom stereocenters. The first-order chi connectivity index (χ1) is 9.32. The lowest BCUT2D eigenvalue weighted by molar-refractivity contribution is -0.118. The van der Waals surface area contributed by atoms with Crippen LogP contribution in [-0.4, -0.2) is 31.1 Å². The lowest BCUT2D eigenvalue weighted by Crippen LogP contribution is -2.44. The highest BCUT2D eigenvalue weighted by atomic mass is 35.5. The van der Waals surface area contributed by atoms with Crippen LogP contribution in [0, 0.1) is 6.92 Å². The summed E-state index contributed by atoms with van der Waals surface area (Å²) in [6.45, 7) is 3.78. The van der Waals surface area contributed by atoms with Crippen LogP contribution in [0.3, 0.4) is 0 Å². The van der Waals surface area contributed by atoms with Crippen molar-refractivity contribution in [1.82, 2.24) is 4.31 Å². The number of rotatable bonds is 4. The highest BCUT2D eigenvalue weighted by Gasteiger charge is 2.35. The van der Waals surface area contributed by atoms with Gasteiger partial charge in [0, 0.05) is 19.0 Å². The molecule has 0 bridgehead atoms. The Balaban J connectivity index is 2.32. The summed E-state index contributed by atoms with van der Waals surface area (Å²) in [6.07, 6.45) is 2.84. The molecule has 1 aliphatic heterocycles. The molecule has 1 fully saturated rings. The highest BCUT2D eigenvalue weighted by Crippen LogP contribution is 2.34. The van der Waals surface area contributed by atoms with Crippen molar-refractivity contribution in [3.8, 4) is 0 Å². The van der Waals surface area contributed by atoms with E-state index in [1.165, 1.54) is 11.2 Å². The van der Waals surface area contributed by atoms with Crippen molar-refractivity contribution in [3.05, 3.63) is 16.0 Å². The number of ketones is 1. The number of sulfonamides is 1. The summed E-state index contributed by atoms with van der Waals surface area (Å²) in [7, 11) is -3.54. The summed E-state index contributed by atoms with van der Waals surface area (Å²) in [5, 5.41) is 0. The summed E-state index contributed by atoms with van der Waals surface area (Å²) in [6, 6.07) is 1.40. The van der Waals surface area contributed by atoms with Gasteiger partial charge in [0.2, 0.25) is 0 Å². The highest BCUT2D eigenvalue weighted by molar-refractivity contribution is 7.91. The largest absolute Gasteiger partial charge is 0.300 e. The van der Waals surface area contributed by atoms with Gasteiger partial charge in [-0.2, -0.15) is 4.31 Å². The maximum absolute atomic E-state index is 12.7. The van der Waals surface area contributed by atoms with Crippen LogP contribution in [-0.2, 0) is 14.8 Å². The van der Waals surface area contributed by atoms with Gasteiger partial charge in [-0.15, -0.1) is 11.3 Å². The first kappa shape index (κ1) is 15.9. The van der Waals surface area contributed by atoms with E-state index in [0.717, 1.165) is 36.2 Å². The van der Waals surface area contributed by atoms with E-state index >= 15 is 0 Å². The molecule has 1 aliphatic rings. The van der Waals surface area contributed by atoms with Crippen LogP contribution in [0.25, 0.3) is 0 Å². The smallest absolute Gasteiger partial charge is 0.252 e. The predicted octanol–water partition coefficient (Wildman–Crippen LogP) is 3.23. The van der Waals surface area contributed by atoms with Crippen molar-refractivity contribution in [2.75, 3.05) is 6.54 Å². The third-order valence-corrected chi connectivity index (χ3v) is 7.45. The third-order valence-electron chi connectivity index (χ3n) is 3.49. The van der Waals surface area contributed by atoms with Crippen LogP contribution in [0.2, 0.25) is 4.34 Å². The lowest BCUT2D eigenvalue weighted by atomic mass is 10.0. The number of carbonyl (C=O) groups is 1. The minimum absolute atomic E-state index is 0.0255. The van der Waals surface area contributed by atoms with E-state index < -0.39 is 10.0 Å². The maximum atomic E-state index is 12.7. The number of piperidine rings is 1. The average molecular weight is 336 g/mol. The molecule has 20 heavy (non-hydrogen) atoms. The molecule has 1 unspecified atom stereocenters. The normalized spacial score (nSPS) is 21.1. The molecule has 2 rings (SSSR count). The number of Topliss-reactive ketones (excluding diaryl/α,β-unsaturated/α-hetero) is 1. The Morgan fingerprint density at radius 3 is 2.75 bits per heavy atom. The molecule has 2 heterocycles. The van der Waals surface area contributed by atoms with E-state index in [-0.39, 0.29) is 22.5 Å².